The molecule has 0 radical (unpaired) electrons. The van der Waals surface area contributed by atoms with Crippen molar-refractivity contribution in [2.24, 2.45) is 0 Å². The minimum Gasteiger partial charge on any atom is -0.465 e. The lowest BCUT2D eigenvalue weighted by molar-refractivity contribution is -0.153. The normalized spacial score (nSPS) is 15.3. The lowest BCUT2D eigenvalue weighted by atomic mass is 9.96. The zero-order chi connectivity index (χ0) is 35.8. The first kappa shape index (κ1) is 45.6. The summed E-state index contributed by atoms with van der Waals surface area (Å²) in [5.74, 6) is -1.59. The van der Waals surface area contributed by atoms with Gasteiger partial charge in [-0.05, 0) is 33.2 Å². The molecule has 0 aliphatic carbocycles. The van der Waals surface area contributed by atoms with Crippen LogP contribution in [0.3, 0.4) is 0 Å². The molecule has 1 aliphatic heterocycles. The van der Waals surface area contributed by atoms with E-state index in [2.05, 4.69) is 33.0 Å². The van der Waals surface area contributed by atoms with Crippen LogP contribution in [-0.4, -0.2) is 106 Å². The second kappa shape index (κ2) is 31.8. The Labute approximate surface area is 292 Å². The van der Waals surface area contributed by atoms with E-state index in [4.69, 9.17) is 18.9 Å². The van der Waals surface area contributed by atoms with Crippen LogP contribution in [0.25, 0.3) is 0 Å². The van der Waals surface area contributed by atoms with Crippen LogP contribution < -0.4 is 5.32 Å². The average molecular weight is 686 g/mol. The Balaban J connectivity index is 0.00000335. The Morgan fingerprint density at radius 1 is 0.604 bits per heavy atom. The molecule has 1 N–H and O–H groups in total. The van der Waals surface area contributed by atoms with Gasteiger partial charge in [0.25, 0.3) is 0 Å². The standard InChI is InChI=1S/C31H57N3O8.C6H14/c1-5-7-9-11-13-15-18-39-28(35)22-33(23-29(36)40-19-16-14-12-10-8-6-2)24-30(37)42-25-27-21-26(3)34(27)31(38)41-20-17-32-4;1-3-5-6-4-2/h26-27,32H,5-25H2,1-4H3;3-6H2,1-2H3. The third-order valence-corrected chi connectivity index (χ3v) is 8.24. The lowest BCUT2D eigenvalue weighted by Gasteiger charge is -2.45. The summed E-state index contributed by atoms with van der Waals surface area (Å²) in [4.78, 5) is 53.0. The highest BCUT2D eigenvalue weighted by Crippen LogP contribution is 2.26. The fraction of sp³-hybridized carbons (Fsp3) is 0.892. The number of rotatable bonds is 28. The van der Waals surface area contributed by atoms with Gasteiger partial charge in [-0.25, -0.2) is 4.79 Å². The Kier molecular flexibility index (Phi) is 30.3. The van der Waals surface area contributed by atoms with Crippen LogP contribution in [0.5, 0.6) is 0 Å². The zero-order valence-electron chi connectivity index (χ0n) is 31.5. The predicted octanol–water partition coefficient (Wildman–Crippen LogP) is 7.04. The van der Waals surface area contributed by atoms with E-state index in [1.54, 1.807) is 11.9 Å². The first-order valence-electron chi connectivity index (χ1n) is 19.0. The van der Waals surface area contributed by atoms with Gasteiger partial charge in [0.05, 0.1) is 38.9 Å². The number of esters is 3. The predicted molar refractivity (Wildman–Crippen MR) is 191 cm³/mol. The van der Waals surface area contributed by atoms with Crippen molar-refractivity contribution in [1.29, 1.82) is 0 Å². The highest BCUT2D eigenvalue weighted by molar-refractivity contribution is 5.78. The van der Waals surface area contributed by atoms with Gasteiger partial charge in [0, 0.05) is 12.6 Å². The molecule has 2 atom stereocenters. The summed E-state index contributed by atoms with van der Waals surface area (Å²) in [6, 6.07) is -0.279. The van der Waals surface area contributed by atoms with E-state index in [1.165, 1.54) is 69.1 Å². The number of unbranched alkanes of at least 4 members (excludes halogenated alkanes) is 13. The maximum Gasteiger partial charge on any atom is 0.410 e. The molecule has 11 nitrogen and oxygen atoms in total. The molecule has 0 aromatic rings. The largest absolute Gasteiger partial charge is 0.465 e. The van der Waals surface area contributed by atoms with Gasteiger partial charge < -0.3 is 24.3 Å². The third-order valence-electron chi connectivity index (χ3n) is 8.24. The van der Waals surface area contributed by atoms with E-state index >= 15 is 0 Å². The molecule has 11 heteroatoms. The molecule has 0 bridgehead atoms. The summed E-state index contributed by atoms with van der Waals surface area (Å²) in [6.07, 6.45) is 18.7. The van der Waals surface area contributed by atoms with Crippen LogP contribution in [0.1, 0.15) is 144 Å². The number of hydrogen-bond acceptors (Lipinski definition) is 10. The van der Waals surface area contributed by atoms with E-state index in [-0.39, 0.29) is 44.9 Å². The van der Waals surface area contributed by atoms with Gasteiger partial charge in [-0.1, -0.05) is 118 Å². The van der Waals surface area contributed by atoms with Crippen molar-refractivity contribution in [3.05, 3.63) is 0 Å². The maximum atomic E-state index is 12.7. The van der Waals surface area contributed by atoms with Crippen LogP contribution in [-0.2, 0) is 33.3 Å². The Morgan fingerprint density at radius 3 is 1.46 bits per heavy atom. The van der Waals surface area contributed by atoms with Gasteiger partial charge in [0.1, 0.15) is 13.2 Å². The Morgan fingerprint density at radius 2 is 1.02 bits per heavy atom. The summed E-state index contributed by atoms with van der Waals surface area (Å²) in [5, 5.41) is 2.92. The fourth-order valence-corrected chi connectivity index (χ4v) is 5.31. The number of carbonyl (C=O) groups excluding carboxylic acids is 4. The minimum atomic E-state index is -0.592. The second-order valence-electron chi connectivity index (χ2n) is 12.9. The molecular weight excluding hydrogens is 614 g/mol. The molecule has 1 fully saturated rings. The van der Waals surface area contributed by atoms with Crippen molar-refractivity contribution < 1.29 is 38.1 Å². The molecule has 1 rings (SSSR count). The van der Waals surface area contributed by atoms with Gasteiger partial charge in [-0.15, -0.1) is 0 Å². The summed E-state index contributed by atoms with van der Waals surface area (Å²) in [6.45, 7) is 11.4. The number of nitrogens with zero attached hydrogens (tertiary/aromatic N) is 2. The summed E-state index contributed by atoms with van der Waals surface area (Å²) >= 11 is 0. The molecule has 48 heavy (non-hydrogen) atoms. The van der Waals surface area contributed by atoms with Crippen LogP contribution in [0.15, 0.2) is 0 Å². The highest BCUT2D eigenvalue weighted by atomic mass is 16.6. The molecule has 0 aromatic carbocycles. The molecule has 1 heterocycles. The molecule has 1 amide bonds. The maximum absolute atomic E-state index is 12.7. The van der Waals surface area contributed by atoms with E-state index < -0.39 is 24.0 Å². The van der Waals surface area contributed by atoms with Crippen molar-refractivity contribution in [2.75, 3.05) is 59.7 Å². The van der Waals surface area contributed by atoms with E-state index in [0.29, 0.717) is 26.2 Å². The van der Waals surface area contributed by atoms with E-state index in [1.807, 2.05) is 6.92 Å². The van der Waals surface area contributed by atoms with Crippen molar-refractivity contribution in [3.63, 3.8) is 0 Å². The van der Waals surface area contributed by atoms with Crippen LogP contribution in [0.4, 0.5) is 4.79 Å². The van der Waals surface area contributed by atoms with E-state index in [9.17, 15) is 19.2 Å². The molecule has 0 aromatic heterocycles. The molecule has 0 spiro atoms. The Bertz CT molecular complexity index is 792. The van der Waals surface area contributed by atoms with Crippen molar-refractivity contribution in [2.45, 2.75) is 156 Å². The quantitative estimate of drug-likeness (QED) is 0.0521. The van der Waals surface area contributed by atoms with Gasteiger partial charge in [0.15, 0.2) is 0 Å². The molecule has 1 saturated heterocycles. The SMILES string of the molecule is CCCCCC.CCCCCCCCOC(=O)CN(CC(=O)OCCCCCCCC)CC(=O)OCC1CC(C)N1C(=O)OCCNC. The van der Waals surface area contributed by atoms with Gasteiger partial charge in [-0.2, -0.15) is 0 Å². The van der Waals surface area contributed by atoms with Crippen molar-refractivity contribution >= 4 is 24.0 Å². The summed E-state index contributed by atoms with van der Waals surface area (Å²) in [5.41, 5.74) is 0. The Hall–Kier alpha value is -2.40. The molecule has 2 unspecified atom stereocenters. The van der Waals surface area contributed by atoms with Gasteiger partial charge in [0.2, 0.25) is 0 Å². The highest BCUT2D eigenvalue weighted by Gasteiger charge is 2.40. The topological polar surface area (TPSA) is 124 Å². The number of nitrogens with one attached hydrogen (secondary N) is 1. The average Bonchev–Trinajstić information content (AvgIpc) is 3.05. The number of ether oxygens (including phenoxy) is 4. The number of likely N-dealkylation sites (tertiary alicyclic amines) is 1. The van der Waals surface area contributed by atoms with E-state index in [0.717, 1.165) is 38.5 Å². The number of carbonyl (C=O) groups is 4. The third kappa shape index (κ3) is 24.7. The molecule has 1 aliphatic rings. The van der Waals surface area contributed by atoms with Crippen molar-refractivity contribution in [1.82, 2.24) is 15.1 Å². The van der Waals surface area contributed by atoms with Gasteiger partial charge in [-0.3, -0.25) is 24.2 Å². The fourth-order valence-electron chi connectivity index (χ4n) is 5.31. The van der Waals surface area contributed by atoms with Crippen LogP contribution in [0, 0.1) is 0 Å². The van der Waals surface area contributed by atoms with Gasteiger partial charge >= 0.3 is 24.0 Å². The summed E-state index contributed by atoms with van der Waals surface area (Å²) < 4.78 is 21.4. The zero-order valence-corrected chi connectivity index (χ0v) is 31.5. The monoisotopic (exact) mass is 686 g/mol. The number of likely N-dealkylation sites (N-methyl/N-ethyl adjacent to an activating group) is 1. The van der Waals surface area contributed by atoms with Crippen molar-refractivity contribution in [3.8, 4) is 0 Å². The molecule has 0 saturated carbocycles. The first-order valence-corrected chi connectivity index (χ1v) is 19.0. The van der Waals surface area contributed by atoms with Crippen LogP contribution in [0.2, 0.25) is 0 Å². The molecule has 282 valence electrons. The van der Waals surface area contributed by atoms with Crippen LogP contribution >= 0.6 is 0 Å². The number of hydrogen-bond donors (Lipinski definition) is 1. The minimum absolute atomic E-state index is 0.00452. The number of amides is 1. The second-order valence-corrected chi connectivity index (χ2v) is 12.9. The first-order chi connectivity index (χ1) is 23.2. The molecular formula is C37H71N3O8. The summed E-state index contributed by atoms with van der Waals surface area (Å²) in [7, 11) is 1.77. The lowest BCUT2D eigenvalue weighted by Crippen LogP contribution is -2.59. The smallest absolute Gasteiger partial charge is 0.410 e.